The number of aliphatic hydroxyl groups excluding tert-OH is 2. The summed E-state index contributed by atoms with van der Waals surface area (Å²) in [5, 5.41) is 20.0. The smallest absolute Gasteiger partial charge is 0.790 e. The summed E-state index contributed by atoms with van der Waals surface area (Å²) in [6, 6.07) is 0. The van der Waals surface area contributed by atoms with Gasteiger partial charge in [0, 0.05) is 13.2 Å². The number of rotatable bonds is 8. The molecule has 1 saturated heterocycles. The van der Waals surface area contributed by atoms with Gasteiger partial charge in [0.25, 0.3) is 21.2 Å². The molecule has 0 amide bonds. The monoisotopic (exact) mass is 586 g/mol. The zero-order valence-corrected chi connectivity index (χ0v) is 29.3. The molecule has 3 N–H and O–H groups in total. The minimum atomic E-state index is -6.17. The van der Waals surface area contributed by atoms with E-state index in [2.05, 4.69) is 13.1 Å². The van der Waals surface area contributed by atoms with Gasteiger partial charge < -0.3 is 48.2 Å². The van der Waals surface area contributed by atoms with Gasteiger partial charge in [-0.1, -0.05) is 0 Å². The summed E-state index contributed by atoms with van der Waals surface area (Å²) in [7, 11) is -16.9. The van der Waals surface area contributed by atoms with Gasteiger partial charge in [0.15, 0.2) is 0 Å². The Hall–Kier alpha value is 2.97. The number of nitrogens with zero attached hydrogens (tertiary/aromatic N) is 1. The Kier molecular flexibility index (Phi) is 19.9. The van der Waals surface area contributed by atoms with Crippen molar-refractivity contribution in [3.05, 3.63) is 32.6 Å². The van der Waals surface area contributed by atoms with Crippen LogP contribution in [0.25, 0.3) is 0 Å². The second kappa shape index (κ2) is 16.3. The van der Waals surface area contributed by atoms with Crippen LogP contribution >= 0.6 is 23.5 Å². The van der Waals surface area contributed by atoms with E-state index in [0.29, 0.717) is 0 Å². The number of hydrogen-bond donors (Lipinski definition) is 3. The third-order valence-corrected chi connectivity index (χ3v) is 7.27. The third kappa shape index (κ3) is 12.4. The second-order valence-electron chi connectivity index (χ2n) is 5.83. The van der Waals surface area contributed by atoms with Crippen molar-refractivity contribution in [3.63, 3.8) is 0 Å². The fourth-order valence-electron chi connectivity index (χ4n) is 2.38. The fourth-order valence-corrected chi connectivity index (χ4v) is 5.24. The number of nitrogens with one attached hydrogen (secondary N) is 1. The molecule has 1 aliphatic rings. The van der Waals surface area contributed by atoms with E-state index in [1.807, 2.05) is 4.98 Å². The van der Waals surface area contributed by atoms with Crippen LogP contribution in [0.2, 0.25) is 0 Å². The minimum absolute atomic E-state index is 0. The molecule has 2 rings (SSSR count). The van der Waals surface area contributed by atoms with Crippen molar-refractivity contribution in [1.29, 1.82) is 0 Å². The molecule has 24 heteroatoms. The topological polar surface area (TPSA) is 276 Å². The van der Waals surface area contributed by atoms with Crippen LogP contribution in [-0.4, -0.2) is 44.7 Å². The molecule has 17 nitrogen and oxygen atoms in total. The normalized spacial score (nSPS) is 25.4. The van der Waals surface area contributed by atoms with Crippen molar-refractivity contribution in [2.75, 3.05) is 6.61 Å². The number of ether oxygens (including phenoxy) is 1. The van der Waals surface area contributed by atoms with Crippen LogP contribution < -0.4 is 149 Å². The molecule has 0 radical (unpaired) electrons. The van der Waals surface area contributed by atoms with Crippen LogP contribution in [0.4, 0.5) is 0 Å². The van der Waals surface area contributed by atoms with E-state index in [4.69, 9.17) is 4.74 Å². The Morgan fingerprint density at radius 2 is 1.53 bits per heavy atom. The van der Waals surface area contributed by atoms with Gasteiger partial charge in [-0.2, -0.15) is 0 Å². The molecular weight excluding hydrogens is 573 g/mol. The first kappa shape index (κ1) is 41.5. The van der Waals surface area contributed by atoms with Gasteiger partial charge in [-0.3, -0.25) is 23.2 Å². The molecule has 1 aliphatic heterocycles. The van der Waals surface area contributed by atoms with E-state index in [1.165, 1.54) is 7.05 Å². The number of aryl methyl sites for hydroxylation is 1. The minimum Gasteiger partial charge on any atom is -0.790 e. The first-order chi connectivity index (χ1) is 13.5. The zero-order valence-electron chi connectivity index (χ0n) is 18.6. The Morgan fingerprint density at radius 1 is 1.00 bits per heavy atom. The Labute approximate surface area is 279 Å². The Morgan fingerprint density at radius 3 is 2.03 bits per heavy atom. The molecule has 0 spiro atoms. The number of aromatic nitrogens is 2. The molecule has 34 heavy (non-hydrogen) atoms. The SMILES string of the molecule is Cn1cc(C2OC(COP(=O)([O-])OP(=O)([O-])OP(=O)([O-])[O-])C(O)C2O)c(=O)[nH]c1=O.[Na+].[Na+].[Na+].[Na+]. The molecule has 0 saturated carbocycles. The zero-order chi connectivity index (χ0) is 23.1. The third-order valence-electron chi connectivity index (χ3n) is 3.60. The van der Waals surface area contributed by atoms with Gasteiger partial charge in [0.1, 0.15) is 24.4 Å². The van der Waals surface area contributed by atoms with Crippen LogP contribution in [0.1, 0.15) is 11.7 Å². The predicted molar refractivity (Wildman–Crippen MR) is 82.9 cm³/mol. The summed E-state index contributed by atoms with van der Waals surface area (Å²) in [6.45, 7) is -1.16. The van der Waals surface area contributed by atoms with E-state index in [1.54, 1.807) is 0 Å². The molecule has 0 aromatic carbocycles. The Bertz CT molecular complexity index is 1060. The molecular formula is C10H13N2Na4O15P3. The summed E-state index contributed by atoms with van der Waals surface area (Å²) in [4.78, 5) is 68.3. The average molecular weight is 586 g/mol. The maximum Gasteiger partial charge on any atom is 1.00 e. The van der Waals surface area contributed by atoms with E-state index >= 15 is 0 Å². The maximum absolute atomic E-state index is 11.9. The van der Waals surface area contributed by atoms with Crippen LogP contribution in [-0.2, 0) is 38.6 Å². The first-order valence-electron chi connectivity index (χ1n) is 7.54. The molecule has 6 atom stereocenters. The summed E-state index contributed by atoms with van der Waals surface area (Å²) in [6.07, 6.45) is -5.81. The fraction of sp³-hybridized carbons (Fsp3) is 0.600. The molecule has 0 aliphatic carbocycles. The molecule has 1 fully saturated rings. The van der Waals surface area contributed by atoms with E-state index in [-0.39, 0.29) is 124 Å². The van der Waals surface area contributed by atoms with E-state index in [9.17, 15) is 53.1 Å². The van der Waals surface area contributed by atoms with Crippen molar-refractivity contribution in [2.24, 2.45) is 7.05 Å². The summed E-state index contributed by atoms with van der Waals surface area (Å²) in [5.41, 5.74) is -2.05. The summed E-state index contributed by atoms with van der Waals surface area (Å²) in [5.74, 6) is 0. The number of aliphatic hydroxyl groups is 2. The number of aromatic amines is 1. The number of H-pyrrole nitrogens is 1. The van der Waals surface area contributed by atoms with Crippen LogP contribution in [0, 0.1) is 0 Å². The largest absolute Gasteiger partial charge is 1.00 e. The maximum atomic E-state index is 11.9. The van der Waals surface area contributed by atoms with Crippen LogP contribution in [0.3, 0.4) is 0 Å². The average Bonchev–Trinajstić information content (AvgIpc) is 2.81. The van der Waals surface area contributed by atoms with Crippen molar-refractivity contribution in [2.45, 2.75) is 24.4 Å². The van der Waals surface area contributed by atoms with Crippen molar-refractivity contribution in [3.8, 4) is 0 Å². The van der Waals surface area contributed by atoms with Crippen LogP contribution in [0.15, 0.2) is 15.8 Å². The van der Waals surface area contributed by atoms with Gasteiger partial charge in [-0.25, -0.2) is 9.11 Å². The van der Waals surface area contributed by atoms with Crippen molar-refractivity contribution >= 4 is 23.5 Å². The van der Waals surface area contributed by atoms with E-state index in [0.717, 1.165) is 10.8 Å². The van der Waals surface area contributed by atoms with Gasteiger partial charge in [-0.15, -0.1) is 0 Å². The molecule has 2 heterocycles. The predicted octanol–water partition coefficient (Wildman–Crippen LogP) is -16.9. The first-order valence-corrected chi connectivity index (χ1v) is 11.9. The van der Waals surface area contributed by atoms with Gasteiger partial charge >= 0.3 is 124 Å². The standard InChI is InChI=1S/C10H17N2O15P3.4Na/c1-12-2-4(9(15)11-10(12)16)8-7(14)6(13)5(25-8)3-24-29(20,21)27-30(22,23)26-28(17,18)19;;;;/h2,5-8,13-14H,3H2,1H3,(H,20,21)(H,22,23)(H,11,15,16)(H2,17,18,19);;;;/q;4*+1/p-4. The van der Waals surface area contributed by atoms with Gasteiger partial charge in [-0.05, 0) is 0 Å². The molecule has 1 aromatic heterocycles. The second-order valence-corrected chi connectivity index (χ2v) is 10.1. The molecule has 1 aromatic rings. The van der Waals surface area contributed by atoms with Crippen molar-refractivity contribution < 1.29 is 180 Å². The van der Waals surface area contributed by atoms with Gasteiger partial charge in [0.05, 0.1) is 20.0 Å². The summed E-state index contributed by atoms with van der Waals surface area (Å²) < 4.78 is 49.4. The molecule has 6 unspecified atom stereocenters. The number of phosphoric ester groups is 1. The summed E-state index contributed by atoms with van der Waals surface area (Å²) >= 11 is 0. The Balaban J connectivity index is -0.00000240. The van der Waals surface area contributed by atoms with Crippen molar-refractivity contribution in [1.82, 2.24) is 9.55 Å². The van der Waals surface area contributed by atoms with Gasteiger partial charge in [0.2, 0.25) is 0 Å². The molecule has 0 bridgehead atoms. The molecule has 172 valence electrons. The number of hydrogen-bond acceptors (Lipinski definition) is 15. The number of phosphoric acid groups is 3. The van der Waals surface area contributed by atoms with Crippen LogP contribution in [0.5, 0.6) is 0 Å². The van der Waals surface area contributed by atoms with E-state index < -0.39 is 65.7 Å². The quantitative estimate of drug-likeness (QED) is 0.188.